The number of amides is 1. The molecule has 0 bridgehead atoms. The smallest absolute Gasteiger partial charge is 0.270 e. The quantitative estimate of drug-likeness (QED) is 0.785. The summed E-state index contributed by atoms with van der Waals surface area (Å²) in [4.78, 5) is 17.0. The van der Waals surface area contributed by atoms with Gasteiger partial charge in [-0.2, -0.15) is 0 Å². The minimum atomic E-state index is -0.0278. The lowest BCUT2D eigenvalue weighted by Gasteiger charge is -2.29. The van der Waals surface area contributed by atoms with E-state index in [1.807, 2.05) is 23.1 Å². The second-order valence-electron chi connectivity index (χ2n) is 4.69. The van der Waals surface area contributed by atoms with Gasteiger partial charge in [-0.15, -0.1) is 0 Å². The fraction of sp³-hybridized carbons (Fsp3) is 0.214. The van der Waals surface area contributed by atoms with Crippen LogP contribution in [-0.4, -0.2) is 22.3 Å². The molecule has 0 fully saturated rings. The third-order valence-electron chi connectivity index (χ3n) is 3.47. The molecule has 3 N–H and O–H groups in total. The van der Waals surface area contributed by atoms with Gasteiger partial charge in [0.05, 0.1) is 5.02 Å². The van der Waals surface area contributed by atoms with E-state index in [2.05, 4.69) is 4.98 Å². The molecule has 2 aromatic rings. The van der Waals surface area contributed by atoms with Gasteiger partial charge in [0.2, 0.25) is 0 Å². The number of nitrogens with two attached hydrogens (primary N) is 1. The lowest BCUT2D eigenvalue weighted by Crippen LogP contribution is -2.36. The molecular formula is C14H14ClN3O. The SMILES string of the molecule is Nc1cccc2c1CCN(C(=O)c1cc(Cl)c[nH]1)C2. The third-order valence-corrected chi connectivity index (χ3v) is 3.69. The Labute approximate surface area is 116 Å². The number of H-pyrrole nitrogens is 1. The van der Waals surface area contributed by atoms with E-state index in [1.54, 1.807) is 12.3 Å². The fourth-order valence-electron chi connectivity index (χ4n) is 2.47. The van der Waals surface area contributed by atoms with Crippen molar-refractivity contribution in [1.82, 2.24) is 9.88 Å². The van der Waals surface area contributed by atoms with Gasteiger partial charge in [0.1, 0.15) is 5.69 Å². The van der Waals surface area contributed by atoms with Crippen LogP contribution in [0.25, 0.3) is 0 Å². The maximum Gasteiger partial charge on any atom is 0.270 e. The van der Waals surface area contributed by atoms with E-state index in [1.165, 1.54) is 0 Å². The van der Waals surface area contributed by atoms with Crippen molar-refractivity contribution >= 4 is 23.2 Å². The average Bonchev–Trinajstić information content (AvgIpc) is 2.84. The van der Waals surface area contributed by atoms with E-state index in [0.29, 0.717) is 23.8 Å². The van der Waals surface area contributed by atoms with Crippen molar-refractivity contribution < 1.29 is 4.79 Å². The number of halogens is 1. The Hall–Kier alpha value is -1.94. The Morgan fingerprint density at radius 3 is 3.00 bits per heavy atom. The lowest BCUT2D eigenvalue weighted by atomic mass is 9.98. The minimum absolute atomic E-state index is 0.0278. The maximum absolute atomic E-state index is 12.3. The van der Waals surface area contributed by atoms with Crippen molar-refractivity contribution in [3.63, 3.8) is 0 Å². The maximum atomic E-state index is 12.3. The van der Waals surface area contributed by atoms with Gasteiger partial charge >= 0.3 is 0 Å². The molecular weight excluding hydrogens is 262 g/mol. The van der Waals surface area contributed by atoms with Crippen LogP contribution >= 0.6 is 11.6 Å². The molecule has 3 rings (SSSR count). The molecule has 2 heterocycles. The molecule has 1 aliphatic heterocycles. The first-order valence-electron chi connectivity index (χ1n) is 6.14. The van der Waals surface area contributed by atoms with Gasteiger partial charge < -0.3 is 15.6 Å². The van der Waals surface area contributed by atoms with Crippen molar-refractivity contribution in [2.75, 3.05) is 12.3 Å². The number of nitrogen functional groups attached to an aromatic ring is 1. The lowest BCUT2D eigenvalue weighted by molar-refractivity contribution is 0.0729. The molecule has 0 atom stereocenters. The second kappa shape index (κ2) is 4.63. The van der Waals surface area contributed by atoms with Crippen LogP contribution in [0.2, 0.25) is 5.02 Å². The molecule has 1 aromatic heterocycles. The number of anilines is 1. The number of nitrogens with one attached hydrogen (secondary N) is 1. The number of benzene rings is 1. The van der Waals surface area contributed by atoms with Crippen LogP contribution in [0.5, 0.6) is 0 Å². The van der Waals surface area contributed by atoms with Crippen molar-refractivity contribution in [2.45, 2.75) is 13.0 Å². The second-order valence-corrected chi connectivity index (χ2v) is 5.13. The highest BCUT2D eigenvalue weighted by Gasteiger charge is 2.23. The molecule has 0 saturated heterocycles. The van der Waals surface area contributed by atoms with Crippen molar-refractivity contribution in [1.29, 1.82) is 0 Å². The van der Waals surface area contributed by atoms with Crippen LogP contribution in [-0.2, 0) is 13.0 Å². The molecule has 0 saturated carbocycles. The minimum Gasteiger partial charge on any atom is -0.398 e. The van der Waals surface area contributed by atoms with Gasteiger partial charge in [0.15, 0.2) is 0 Å². The molecule has 19 heavy (non-hydrogen) atoms. The Kier molecular flexibility index (Phi) is 2.95. The number of aromatic nitrogens is 1. The Bertz CT molecular complexity index is 635. The predicted molar refractivity (Wildman–Crippen MR) is 75.1 cm³/mol. The van der Waals surface area contributed by atoms with Crippen molar-refractivity contribution in [3.05, 3.63) is 52.3 Å². The summed E-state index contributed by atoms with van der Waals surface area (Å²) in [5.74, 6) is -0.0278. The van der Waals surface area contributed by atoms with Gasteiger partial charge in [-0.3, -0.25) is 4.79 Å². The Balaban J connectivity index is 1.84. The summed E-state index contributed by atoms with van der Waals surface area (Å²) in [7, 11) is 0. The highest BCUT2D eigenvalue weighted by Crippen LogP contribution is 2.25. The van der Waals surface area contributed by atoms with E-state index >= 15 is 0 Å². The molecule has 1 amide bonds. The van der Waals surface area contributed by atoms with Crippen LogP contribution in [0.4, 0.5) is 5.69 Å². The van der Waals surface area contributed by atoms with Gasteiger partial charge in [-0.25, -0.2) is 0 Å². The largest absolute Gasteiger partial charge is 0.398 e. The predicted octanol–water partition coefficient (Wildman–Crippen LogP) is 2.45. The summed E-state index contributed by atoms with van der Waals surface area (Å²) in [6, 6.07) is 7.50. The summed E-state index contributed by atoms with van der Waals surface area (Å²) in [5.41, 5.74) is 9.57. The number of nitrogens with zero attached hydrogens (tertiary/aromatic N) is 1. The average molecular weight is 276 g/mol. The summed E-state index contributed by atoms with van der Waals surface area (Å²) in [5, 5.41) is 0.546. The van der Waals surface area contributed by atoms with Crippen LogP contribution in [0.3, 0.4) is 0 Å². The van der Waals surface area contributed by atoms with Gasteiger partial charge in [0, 0.05) is 25.0 Å². The number of carbonyl (C=O) groups is 1. The normalized spacial score (nSPS) is 14.3. The van der Waals surface area contributed by atoms with Crippen LogP contribution < -0.4 is 5.73 Å². The molecule has 4 nitrogen and oxygen atoms in total. The molecule has 0 spiro atoms. The standard InChI is InChI=1S/C14H14ClN3O/c15-10-6-13(17-7-10)14(19)18-5-4-11-9(8-18)2-1-3-12(11)16/h1-3,6-7,17H,4-5,8,16H2. The van der Waals surface area contributed by atoms with Gasteiger partial charge in [-0.1, -0.05) is 23.7 Å². The third kappa shape index (κ3) is 2.19. The summed E-state index contributed by atoms with van der Waals surface area (Å²) >= 11 is 5.83. The van der Waals surface area contributed by atoms with Crippen molar-refractivity contribution in [2.24, 2.45) is 0 Å². The van der Waals surface area contributed by atoms with Crippen molar-refractivity contribution in [3.8, 4) is 0 Å². The zero-order valence-electron chi connectivity index (χ0n) is 10.3. The van der Waals surface area contributed by atoms with E-state index in [-0.39, 0.29) is 5.91 Å². The highest BCUT2D eigenvalue weighted by molar-refractivity contribution is 6.30. The monoisotopic (exact) mass is 275 g/mol. The molecule has 1 aromatic carbocycles. The molecule has 0 radical (unpaired) electrons. The van der Waals surface area contributed by atoms with E-state index in [4.69, 9.17) is 17.3 Å². The fourth-order valence-corrected chi connectivity index (χ4v) is 2.64. The van der Waals surface area contributed by atoms with Gasteiger partial charge in [0.25, 0.3) is 5.91 Å². The van der Waals surface area contributed by atoms with Crippen LogP contribution in [0.15, 0.2) is 30.5 Å². The first kappa shape index (κ1) is 12.1. The molecule has 0 unspecified atom stereocenters. The van der Waals surface area contributed by atoms with E-state index in [9.17, 15) is 4.79 Å². The number of aromatic amines is 1. The number of hydrogen-bond donors (Lipinski definition) is 2. The highest BCUT2D eigenvalue weighted by atomic mass is 35.5. The summed E-state index contributed by atoms with van der Waals surface area (Å²) < 4.78 is 0. The van der Waals surface area contributed by atoms with Crippen LogP contribution in [0, 0.1) is 0 Å². The zero-order chi connectivity index (χ0) is 13.4. The van der Waals surface area contributed by atoms with E-state index < -0.39 is 0 Å². The Morgan fingerprint density at radius 1 is 1.42 bits per heavy atom. The Morgan fingerprint density at radius 2 is 2.26 bits per heavy atom. The number of hydrogen-bond acceptors (Lipinski definition) is 2. The molecule has 0 aliphatic carbocycles. The molecule has 1 aliphatic rings. The number of carbonyl (C=O) groups excluding carboxylic acids is 1. The molecule has 5 heteroatoms. The number of fused-ring (bicyclic) bond motifs is 1. The topological polar surface area (TPSA) is 62.1 Å². The number of rotatable bonds is 1. The van der Waals surface area contributed by atoms with Crippen LogP contribution in [0.1, 0.15) is 21.6 Å². The summed E-state index contributed by atoms with van der Waals surface area (Å²) in [6.07, 6.45) is 2.41. The first-order chi connectivity index (χ1) is 9.15. The zero-order valence-corrected chi connectivity index (χ0v) is 11.1. The van der Waals surface area contributed by atoms with E-state index in [0.717, 1.165) is 23.2 Å². The van der Waals surface area contributed by atoms with Gasteiger partial charge in [-0.05, 0) is 29.7 Å². The first-order valence-corrected chi connectivity index (χ1v) is 6.52. The molecule has 98 valence electrons. The summed E-state index contributed by atoms with van der Waals surface area (Å²) in [6.45, 7) is 1.27.